The first kappa shape index (κ1) is 14.6. The average molecular weight is 273 g/mol. The van der Waals surface area contributed by atoms with E-state index in [1.165, 1.54) is 23.3 Å². The maximum Gasteiger partial charge on any atom is 0.323 e. The number of aromatic nitrogens is 1. The second-order valence-electron chi connectivity index (χ2n) is 3.44. The molecule has 18 heavy (non-hydrogen) atoms. The molecule has 0 aromatic carbocycles. The van der Waals surface area contributed by atoms with Gasteiger partial charge in [0.1, 0.15) is 17.2 Å². The molecular weight excluding hydrogens is 258 g/mol. The fourth-order valence-electron chi connectivity index (χ4n) is 1.28. The summed E-state index contributed by atoms with van der Waals surface area (Å²) >= 11 is 1.28. The molecule has 0 aliphatic rings. The van der Waals surface area contributed by atoms with Gasteiger partial charge in [-0.1, -0.05) is 0 Å². The van der Waals surface area contributed by atoms with Crippen LogP contribution in [-0.4, -0.2) is 53.7 Å². The smallest absolute Gasteiger partial charge is 0.323 e. The minimum atomic E-state index is -1.08. The number of carbonyl (C=O) groups is 2. The molecule has 1 heterocycles. The Morgan fingerprint density at radius 3 is 2.83 bits per heavy atom. The largest absolute Gasteiger partial charge is 0.480 e. The summed E-state index contributed by atoms with van der Waals surface area (Å²) < 4.78 is 4.84. The van der Waals surface area contributed by atoms with Crippen molar-refractivity contribution in [2.24, 2.45) is 5.73 Å². The highest BCUT2D eigenvalue weighted by Gasteiger charge is 2.20. The quantitative estimate of drug-likeness (QED) is 0.711. The first-order chi connectivity index (χ1) is 8.58. The Morgan fingerprint density at radius 1 is 1.61 bits per heavy atom. The zero-order chi connectivity index (χ0) is 13.5. The number of methoxy groups -OCH3 is 1. The lowest BCUT2D eigenvalue weighted by molar-refractivity contribution is -0.137. The van der Waals surface area contributed by atoms with Crippen LogP contribution in [0.1, 0.15) is 15.5 Å². The van der Waals surface area contributed by atoms with E-state index in [0.717, 1.165) is 0 Å². The van der Waals surface area contributed by atoms with Crippen molar-refractivity contribution in [3.8, 4) is 0 Å². The van der Waals surface area contributed by atoms with Crippen LogP contribution < -0.4 is 5.73 Å². The first-order valence-corrected chi connectivity index (χ1v) is 6.11. The average Bonchev–Trinajstić information content (AvgIpc) is 2.81. The standard InChI is InChI=1S/C10H15N3O4S/c1-17-3-2-13(5-9(14)15)10(16)7-6-18-8(4-11)12-7/h6H,2-5,11H2,1H3,(H,14,15). The minimum absolute atomic E-state index is 0.205. The second kappa shape index (κ2) is 7.04. The van der Waals surface area contributed by atoms with Crippen LogP contribution in [0.5, 0.6) is 0 Å². The van der Waals surface area contributed by atoms with Crippen LogP contribution in [-0.2, 0) is 16.1 Å². The molecule has 8 heteroatoms. The van der Waals surface area contributed by atoms with Gasteiger partial charge in [-0.2, -0.15) is 0 Å². The van der Waals surface area contributed by atoms with Gasteiger partial charge in [-0.25, -0.2) is 4.98 Å². The van der Waals surface area contributed by atoms with Crippen molar-refractivity contribution in [2.75, 3.05) is 26.8 Å². The van der Waals surface area contributed by atoms with E-state index in [1.54, 1.807) is 5.38 Å². The molecule has 0 spiro atoms. The van der Waals surface area contributed by atoms with E-state index in [4.69, 9.17) is 15.6 Å². The zero-order valence-corrected chi connectivity index (χ0v) is 10.8. The molecular formula is C10H15N3O4S. The van der Waals surface area contributed by atoms with Gasteiger partial charge in [0.2, 0.25) is 0 Å². The van der Waals surface area contributed by atoms with E-state index in [0.29, 0.717) is 5.01 Å². The highest BCUT2D eigenvalue weighted by atomic mass is 32.1. The van der Waals surface area contributed by atoms with E-state index in [2.05, 4.69) is 4.98 Å². The lowest BCUT2D eigenvalue weighted by Gasteiger charge is -2.18. The molecule has 0 atom stereocenters. The summed E-state index contributed by atoms with van der Waals surface area (Å²) in [4.78, 5) is 27.9. The SMILES string of the molecule is COCCN(CC(=O)O)C(=O)c1csc(CN)n1. The van der Waals surface area contributed by atoms with Gasteiger partial charge in [-0.3, -0.25) is 9.59 Å². The Labute approximate surface area is 108 Å². The maximum absolute atomic E-state index is 12.0. The summed E-state index contributed by atoms with van der Waals surface area (Å²) in [6.07, 6.45) is 0. The van der Waals surface area contributed by atoms with Crippen LogP contribution in [0.4, 0.5) is 0 Å². The Hall–Kier alpha value is -1.51. The number of rotatable bonds is 7. The van der Waals surface area contributed by atoms with Crippen LogP contribution in [0.3, 0.4) is 0 Å². The predicted molar refractivity (Wildman–Crippen MR) is 65.4 cm³/mol. The van der Waals surface area contributed by atoms with Gasteiger partial charge in [0.05, 0.1) is 6.61 Å². The van der Waals surface area contributed by atoms with E-state index < -0.39 is 11.9 Å². The number of aliphatic carboxylic acids is 1. The molecule has 0 bridgehead atoms. The summed E-state index contributed by atoms with van der Waals surface area (Å²) in [5, 5.41) is 11.0. The summed E-state index contributed by atoms with van der Waals surface area (Å²) in [6, 6.07) is 0. The van der Waals surface area contributed by atoms with Crippen LogP contribution in [0.2, 0.25) is 0 Å². The lowest BCUT2D eigenvalue weighted by Crippen LogP contribution is -2.38. The van der Waals surface area contributed by atoms with Gasteiger partial charge in [0.15, 0.2) is 0 Å². The fraction of sp³-hybridized carbons (Fsp3) is 0.500. The number of amides is 1. The molecule has 100 valence electrons. The molecule has 1 aromatic heterocycles. The third-order valence-electron chi connectivity index (χ3n) is 2.12. The van der Waals surface area contributed by atoms with E-state index >= 15 is 0 Å². The number of hydrogen-bond donors (Lipinski definition) is 2. The van der Waals surface area contributed by atoms with E-state index in [1.807, 2.05) is 0 Å². The van der Waals surface area contributed by atoms with Crippen LogP contribution in [0.15, 0.2) is 5.38 Å². The van der Waals surface area contributed by atoms with Gasteiger partial charge in [-0.05, 0) is 0 Å². The van der Waals surface area contributed by atoms with Gasteiger partial charge < -0.3 is 20.5 Å². The molecule has 1 aromatic rings. The monoisotopic (exact) mass is 273 g/mol. The number of ether oxygens (including phenoxy) is 1. The lowest BCUT2D eigenvalue weighted by atomic mass is 10.3. The fourth-order valence-corrected chi connectivity index (χ4v) is 1.93. The van der Waals surface area contributed by atoms with Crippen LogP contribution in [0.25, 0.3) is 0 Å². The van der Waals surface area contributed by atoms with Gasteiger partial charge in [0, 0.05) is 25.6 Å². The third-order valence-corrected chi connectivity index (χ3v) is 3.00. The van der Waals surface area contributed by atoms with Gasteiger partial charge in [0.25, 0.3) is 5.91 Å². The van der Waals surface area contributed by atoms with Gasteiger partial charge in [-0.15, -0.1) is 11.3 Å². The molecule has 1 rings (SSSR count). The molecule has 1 amide bonds. The summed E-state index contributed by atoms with van der Waals surface area (Å²) in [7, 11) is 1.48. The van der Waals surface area contributed by atoms with Crippen LogP contribution in [0, 0.1) is 0 Å². The van der Waals surface area contributed by atoms with Crippen molar-refractivity contribution in [3.63, 3.8) is 0 Å². The van der Waals surface area contributed by atoms with Crippen LogP contribution >= 0.6 is 11.3 Å². The number of hydrogen-bond acceptors (Lipinski definition) is 6. The predicted octanol–water partition coefficient (Wildman–Crippen LogP) is -0.225. The van der Waals surface area contributed by atoms with Crippen molar-refractivity contribution in [3.05, 3.63) is 16.1 Å². The Kier molecular flexibility index (Phi) is 5.69. The number of carboxylic acids is 1. The summed E-state index contributed by atoms with van der Waals surface area (Å²) in [5.41, 5.74) is 5.63. The molecule has 0 radical (unpaired) electrons. The first-order valence-electron chi connectivity index (χ1n) is 5.23. The molecule has 0 aliphatic carbocycles. The normalized spacial score (nSPS) is 10.3. The number of thiazole rings is 1. The molecule has 3 N–H and O–H groups in total. The van der Waals surface area contributed by atoms with E-state index in [-0.39, 0.29) is 31.9 Å². The molecule has 0 fully saturated rings. The zero-order valence-electron chi connectivity index (χ0n) is 9.96. The number of carboxylic acid groups (broad SMARTS) is 1. The highest BCUT2D eigenvalue weighted by Crippen LogP contribution is 2.11. The van der Waals surface area contributed by atoms with Crippen molar-refractivity contribution < 1.29 is 19.4 Å². The van der Waals surface area contributed by atoms with Crippen molar-refractivity contribution >= 4 is 23.2 Å². The summed E-state index contributed by atoms with van der Waals surface area (Å²) in [6.45, 7) is 0.358. The Balaban J connectivity index is 2.76. The molecule has 0 saturated carbocycles. The van der Waals surface area contributed by atoms with E-state index in [9.17, 15) is 9.59 Å². The number of nitrogens with zero attached hydrogens (tertiary/aromatic N) is 2. The molecule has 0 unspecified atom stereocenters. The second-order valence-corrected chi connectivity index (χ2v) is 4.39. The Bertz CT molecular complexity index is 421. The third kappa shape index (κ3) is 4.06. The number of nitrogens with two attached hydrogens (primary N) is 1. The highest BCUT2D eigenvalue weighted by molar-refractivity contribution is 7.09. The molecule has 0 aliphatic heterocycles. The minimum Gasteiger partial charge on any atom is -0.480 e. The topological polar surface area (TPSA) is 106 Å². The Morgan fingerprint density at radius 2 is 2.33 bits per heavy atom. The number of carbonyl (C=O) groups excluding carboxylic acids is 1. The summed E-state index contributed by atoms with van der Waals surface area (Å²) in [5.74, 6) is -1.50. The van der Waals surface area contributed by atoms with Crippen molar-refractivity contribution in [1.82, 2.24) is 9.88 Å². The molecule has 0 saturated heterocycles. The van der Waals surface area contributed by atoms with Crippen molar-refractivity contribution in [2.45, 2.75) is 6.54 Å². The van der Waals surface area contributed by atoms with Gasteiger partial charge >= 0.3 is 5.97 Å². The molecule has 7 nitrogen and oxygen atoms in total. The van der Waals surface area contributed by atoms with Crippen molar-refractivity contribution in [1.29, 1.82) is 0 Å². The maximum atomic E-state index is 12.0.